The lowest BCUT2D eigenvalue weighted by Gasteiger charge is -2.22. The Morgan fingerprint density at radius 1 is 1.06 bits per heavy atom. The number of hydrogen-bond donors (Lipinski definition) is 2. The quantitative estimate of drug-likeness (QED) is 0.396. The molecule has 0 saturated carbocycles. The number of fused-ring (bicyclic) bond motifs is 2. The first-order chi connectivity index (χ1) is 16.0. The highest BCUT2D eigenvalue weighted by Gasteiger charge is 2.21. The predicted octanol–water partition coefficient (Wildman–Crippen LogP) is 4.34. The summed E-state index contributed by atoms with van der Waals surface area (Å²) < 4.78 is 1.73. The molecule has 2 N–H and O–H groups in total. The second-order valence-corrected chi connectivity index (χ2v) is 8.03. The minimum absolute atomic E-state index is 0.0824. The maximum Gasteiger partial charge on any atom is 0.263 e. The number of hydrogen-bond acceptors (Lipinski definition) is 6. The molecule has 0 aliphatic rings. The van der Waals surface area contributed by atoms with Crippen LogP contribution in [0.3, 0.4) is 0 Å². The van der Waals surface area contributed by atoms with Crippen LogP contribution < -0.4 is 10.9 Å². The van der Waals surface area contributed by atoms with E-state index in [0.29, 0.717) is 27.9 Å². The maximum atomic E-state index is 13.7. The molecule has 0 bridgehead atoms. The molecule has 1 atom stereocenters. The Kier molecular flexibility index (Phi) is 4.97. The Labute approximate surface area is 189 Å². The SMILES string of the molecule is CC(=O)c1[nH]nc2ncnc(N[C@@H](C)c3cc4cccc(C)c4c(=O)n3-c3ccccc3)c12. The highest BCUT2D eigenvalue weighted by molar-refractivity contribution is 6.07. The van der Waals surface area contributed by atoms with E-state index in [0.717, 1.165) is 22.3 Å². The van der Waals surface area contributed by atoms with Crippen molar-refractivity contribution >= 4 is 33.4 Å². The van der Waals surface area contributed by atoms with Crippen molar-refractivity contribution < 1.29 is 4.79 Å². The molecule has 33 heavy (non-hydrogen) atoms. The van der Waals surface area contributed by atoms with E-state index in [2.05, 4.69) is 25.5 Å². The Morgan fingerprint density at radius 3 is 2.61 bits per heavy atom. The van der Waals surface area contributed by atoms with Gasteiger partial charge in [0.15, 0.2) is 11.4 Å². The smallest absolute Gasteiger partial charge is 0.263 e. The Hall–Kier alpha value is -4.33. The minimum Gasteiger partial charge on any atom is -0.361 e. The molecule has 8 nitrogen and oxygen atoms in total. The van der Waals surface area contributed by atoms with Crippen LogP contribution in [0.25, 0.3) is 27.5 Å². The highest BCUT2D eigenvalue weighted by atomic mass is 16.1. The van der Waals surface area contributed by atoms with Crippen LogP contribution in [0.5, 0.6) is 0 Å². The third kappa shape index (κ3) is 3.45. The molecule has 0 saturated heterocycles. The summed E-state index contributed by atoms with van der Waals surface area (Å²) >= 11 is 0. The summed E-state index contributed by atoms with van der Waals surface area (Å²) in [6, 6.07) is 17.1. The van der Waals surface area contributed by atoms with Crippen LogP contribution in [-0.2, 0) is 0 Å². The topological polar surface area (TPSA) is 106 Å². The molecular formula is C25H22N6O2. The molecule has 3 heterocycles. The van der Waals surface area contributed by atoms with Crippen molar-refractivity contribution in [2.45, 2.75) is 26.8 Å². The number of Topliss-reactive ketones (excluding diaryl/α,β-unsaturated/α-hetero) is 1. The zero-order chi connectivity index (χ0) is 23.1. The number of ketones is 1. The number of aromatic nitrogens is 5. The summed E-state index contributed by atoms with van der Waals surface area (Å²) in [6.07, 6.45) is 1.40. The molecule has 0 aliphatic heterocycles. The predicted molar refractivity (Wildman–Crippen MR) is 128 cm³/mol. The van der Waals surface area contributed by atoms with Gasteiger partial charge in [-0.3, -0.25) is 19.3 Å². The van der Waals surface area contributed by atoms with E-state index in [4.69, 9.17) is 0 Å². The second-order valence-electron chi connectivity index (χ2n) is 8.03. The highest BCUT2D eigenvalue weighted by Crippen LogP contribution is 2.28. The van der Waals surface area contributed by atoms with Gasteiger partial charge < -0.3 is 5.32 Å². The lowest BCUT2D eigenvalue weighted by atomic mass is 10.0. The van der Waals surface area contributed by atoms with E-state index in [1.165, 1.54) is 13.3 Å². The Bertz CT molecular complexity index is 1570. The number of carbonyl (C=O) groups excluding carboxylic acids is 1. The number of benzene rings is 2. The van der Waals surface area contributed by atoms with Crippen molar-refractivity contribution in [2.24, 2.45) is 0 Å². The molecule has 3 aromatic heterocycles. The van der Waals surface area contributed by atoms with Crippen molar-refractivity contribution in [1.82, 2.24) is 24.7 Å². The number of anilines is 1. The summed E-state index contributed by atoms with van der Waals surface area (Å²) in [5.41, 5.74) is 3.13. The van der Waals surface area contributed by atoms with E-state index in [1.54, 1.807) is 4.57 Å². The summed E-state index contributed by atoms with van der Waals surface area (Å²) in [5.74, 6) is 0.313. The summed E-state index contributed by atoms with van der Waals surface area (Å²) in [6.45, 7) is 5.36. The fourth-order valence-corrected chi connectivity index (χ4v) is 4.22. The Balaban J connectivity index is 1.71. The van der Waals surface area contributed by atoms with Crippen LogP contribution in [0, 0.1) is 6.92 Å². The van der Waals surface area contributed by atoms with Gasteiger partial charge in [-0.2, -0.15) is 5.10 Å². The number of nitrogens with zero attached hydrogens (tertiary/aromatic N) is 4. The van der Waals surface area contributed by atoms with Crippen molar-refractivity contribution in [3.05, 3.63) is 88.2 Å². The van der Waals surface area contributed by atoms with Gasteiger partial charge in [-0.05, 0) is 43.0 Å². The van der Waals surface area contributed by atoms with Gasteiger partial charge in [-0.1, -0.05) is 36.4 Å². The second kappa shape index (κ2) is 7.98. The van der Waals surface area contributed by atoms with Crippen LogP contribution >= 0.6 is 0 Å². The zero-order valence-electron chi connectivity index (χ0n) is 18.5. The van der Waals surface area contributed by atoms with Gasteiger partial charge >= 0.3 is 0 Å². The molecule has 164 valence electrons. The molecule has 5 aromatic rings. The number of pyridine rings is 1. The Morgan fingerprint density at radius 2 is 1.85 bits per heavy atom. The number of aromatic amines is 1. The van der Waals surface area contributed by atoms with E-state index in [-0.39, 0.29) is 17.4 Å². The van der Waals surface area contributed by atoms with Crippen LogP contribution in [0.1, 0.15) is 41.6 Å². The van der Waals surface area contributed by atoms with Crippen LogP contribution in [0.4, 0.5) is 5.82 Å². The summed E-state index contributed by atoms with van der Waals surface area (Å²) in [7, 11) is 0. The molecule has 8 heteroatoms. The first-order valence-electron chi connectivity index (χ1n) is 10.6. The van der Waals surface area contributed by atoms with Crippen LogP contribution in [0.2, 0.25) is 0 Å². The van der Waals surface area contributed by atoms with E-state index in [9.17, 15) is 9.59 Å². The third-order valence-electron chi connectivity index (χ3n) is 5.80. The lowest BCUT2D eigenvalue weighted by Crippen LogP contribution is -2.26. The molecule has 0 spiro atoms. The molecule has 0 aliphatic carbocycles. The number of carbonyl (C=O) groups is 1. The van der Waals surface area contributed by atoms with Gasteiger partial charge in [0.2, 0.25) is 0 Å². The van der Waals surface area contributed by atoms with Gasteiger partial charge in [-0.15, -0.1) is 0 Å². The first-order valence-corrected chi connectivity index (χ1v) is 10.6. The van der Waals surface area contributed by atoms with Gasteiger partial charge in [0, 0.05) is 18.3 Å². The summed E-state index contributed by atoms with van der Waals surface area (Å²) in [4.78, 5) is 34.3. The number of H-pyrrole nitrogens is 1. The average Bonchev–Trinajstić information content (AvgIpc) is 3.25. The lowest BCUT2D eigenvalue weighted by molar-refractivity contribution is 0.101. The fraction of sp³-hybridized carbons (Fsp3) is 0.160. The third-order valence-corrected chi connectivity index (χ3v) is 5.80. The van der Waals surface area contributed by atoms with Crippen molar-refractivity contribution in [3.8, 4) is 5.69 Å². The minimum atomic E-state index is -0.323. The number of aryl methyl sites for hydroxylation is 1. The van der Waals surface area contributed by atoms with Gasteiger partial charge in [0.1, 0.15) is 17.8 Å². The maximum absolute atomic E-state index is 13.7. The van der Waals surface area contributed by atoms with Crippen molar-refractivity contribution in [3.63, 3.8) is 0 Å². The number of nitrogens with one attached hydrogen (secondary N) is 2. The molecule has 0 fully saturated rings. The molecule has 0 amide bonds. The number of rotatable bonds is 5. The average molecular weight is 438 g/mol. The molecule has 0 radical (unpaired) electrons. The van der Waals surface area contributed by atoms with Gasteiger partial charge in [-0.25, -0.2) is 9.97 Å². The zero-order valence-corrected chi connectivity index (χ0v) is 18.5. The van der Waals surface area contributed by atoms with Crippen LogP contribution in [-0.4, -0.2) is 30.5 Å². The first kappa shape index (κ1) is 20.6. The van der Waals surface area contributed by atoms with E-state index >= 15 is 0 Å². The molecule has 0 unspecified atom stereocenters. The van der Waals surface area contributed by atoms with E-state index in [1.807, 2.05) is 68.4 Å². The van der Waals surface area contributed by atoms with Crippen LogP contribution in [0.15, 0.2) is 65.7 Å². The number of para-hydroxylation sites is 1. The van der Waals surface area contributed by atoms with Gasteiger partial charge in [0.05, 0.1) is 16.8 Å². The van der Waals surface area contributed by atoms with Crippen molar-refractivity contribution in [1.29, 1.82) is 0 Å². The standard InChI is InChI=1S/C25H22N6O2/c1-14-8-7-9-17-12-19(31(25(33)20(14)17)18-10-5-4-6-11-18)15(2)28-23-21-22(16(3)32)29-30-24(21)27-13-26-23/h4-13,15H,1-3H3,(H2,26,27,28,29,30)/t15-/m0/s1. The molecular weight excluding hydrogens is 416 g/mol. The summed E-state index contributed by atoms with van der Waals surface area (Å²) in [5, 5.41) is 12.3. The fourth-order valence-electron chi connectivity index (χ4n) is 4.22. The molecule has 5 rings (SSSR count). The van der Waals surface area contributed by atoms with Crippen molar-refractivity contribution in [2.75, 3.05) is 5.32 Å². The molecule has 2 aromatic carbocycles. The monoisotopic (exact) mass is 438 g/mol. The van der Waals surface area contributed by atoms with E-state index < -0.39 is 0 Å². The van der Waals surface area contributed by atoms with Gasteiger partial charge in [0.25, 0.3) is 5.56 Å². The normalized spacial score (nSPS) is 12.2. The largest absolute Gasteiger partial charge is 0.361 e.